The van der Waals surface area contributed by atoms with Crippen LogP contribution < -0.4 is 14.8 Å². The zero-order valence-electron chi connectivity index (χ0n) is 12.1. The van der Waals surface area contributed by atoms with Crippen molar-refractivity contribution in [1.29, 1.82) is 0 Å². The zero-order valence-corrected chi connectivity index (χ0v) is 13.7. The molecular formula is C15H16ClNO3S. The Morgan fingerprint density at radius 3 is 2.52 bits per heavy atom. The molecule has 6 heteroatoms. The van der Waals surface area contributed by atoms with Crippen molar-refractivity contribution in [3.63, 3.8) is 0 Å². The van der Waals surface area contributed by atoms with Crippen LogP contribution in [-0.2, 0) is 0 Å². The first-order valence-corrected chi connectivity index (χ1v) is 7.44. The highest BCUT2D eigenvalue weighted by Crippen LogP contribution is 2.41. The molecule has 112 valence electrons. The molecule has 0 unspecified atom stereocenters. The summed E-state index contributed by atoms with van der Waals surface area (Å²) in [5, 5.41) is 3.99. The van der Waals surface area contributed by atoms with Crippen molar-refractivity contribution in [2.75, 3.05) is 20.8 Å². The number of carbonyl (C=O) groups is 1. The second-order valence-electron chi connectivity index (χ2n) is 4.59. The summed E-state index contributed by atoms with van der Waals surface area (Å²) in [7, 11) is 3.13. The minimum absolute atomic E-state index is 0.206. The van der Waals surface area contributed by atoms with Gasteiger partial charge in [0.1, 0.15) is 4.88 Å². The minimum atomic E-state index is -0.206. The van der Waals surface area contributed by atoms with Crippen LogP contribution in [0.2, 0.25) is 5.02 Å². The lowest BCUT2D eigenvalue weighted by molar-refractivity contribution is 0.0961. The zero-order chi connectivity index (χ0) is 15.6. The van der Waals surface area contributed by atoms with Crippen LogP contribution in [-0.4, -0.2) is 26.7 Å². The number of thiophene rings is 1. The SMILES string of the molecule is C=C(C)CNC(=O)c1sc2cc(OC)c(OC)cc2c1Cl. The molecule has 1 heterocycles. The number of nitrogens with one attached hydrogen (secondary N) is 1. The van der Waals surface area contributed by atoms with Crippen molar-refractivity contribution in [2.45, 2.75) is 6.92 Å². The van der Waals surface area contributed by atoms with Crippen molar-refractivity contribution in [2.24, 2.45) is 0 Å². The van der Waals surface area contributed by atoms with E-state index in [1.54, 1.807) is 20.3 Å². The van der Waals surface area contributed by atoms with E-state index in [9.17, 15) is 4.79 Å². The van der Waals surface area contributed by atoms with Crippen LogP contribution >= 0.6 is 22.9 Å². The summed E-state index contributed by atoms with van der Waals surface area (Å²) in [5.74, 6) is 0.984. The molecule has 1 aromatic heterocycles. The van der Waals surface area contributed by atoms with Gasteiger partial charge in [0.05, 0.1) is 19.2 Å². The molecular weight excluding hydrogens is 310 g/mol. The van der Waals surface area contributed by atoms with Gasteiger partial charge in [-0.05, 0) is 13.0 Å². The minimum Gasteiger partial charge on any atom is -0.493 e. The van der Waals surface area contributed by atoms with Gasteiger partial charge in [0.25, 0.3) is 5.91 Å². The van der Waals surface area contributed by atoms with E-state index in [0.717, 1.165) is 15.7 Å². The van der Waals surface area contributed by atoms with Crippen LogP contribution in [0.5, 0.6) is 11.5 Å². The second kappa shape index (κ2) is 6.37. The number of hydrogen-bond acceptors (Lipinski definition) is 4. The topological polar surface area (TPSA) is 47.6 Å². The van der Waals surface area contributed by atoms with Gasteiger partial charge < -0.3 is 14.8 Å². The fourth-order valence-electron chi connectivity index (χ4n) is 1.85. The average molecular weight is 326 g/mol. The summed E-state index contributed by atoms with van der Waals surface area (Å²) in [6.45, 7) is 6.03. The Balaban J connectivity index is 2.45. The molecule has 0 saturated carbocycles. The Morgan fingerprint density at radius 2 is 1.95 bits per heavy atom. The molecule has 21 heavy (non-hydrogen) atoms. The third-order valence-electron chi connectivity index (χ3n) is 2.89. The van der Waals surface area contributed by atoms with Gasteiger partial charge in [-0.3, -0.25) is 4.79 Å². The Kier molecular flexibility index (Phi) is 4.75. The lowest BCUT2D eigenvalue weighted by Gasteiger charge is -2.06. The summed E-state index contributed by atoms with van der Waals surface area (Å²) in [6, 6.07) is 3.60. The maximum absolute atomic E-state index is 12.2. The molecule has 4 nitrogen and oxygen atoms in total. The molecule has 0 aliphatic rings. The number of fused-ring (bicyclic) bond motifs is 1. The molecule has 0 fully saturated rings. The Morgan fingerprint density at radius 1 is 1.33 bits per heavy atom. The number of hydrogen-bond donors (Lipinski definition) is 1. The summed E-state index contributed by atoms with van der Waals surface area (Å²) in [5.41, 5.74) is 0.879. The van der Waals surface area contributed by atoms with E-state index in [-0.39, 0.29) is 5.91 Å². The fraction of sp³-hybridized carbons (Fsp3) is 0.267. The predicted octanol–water partition coefficient (Wildman–Crippen LogP) is 3.88. The molecule has 0 aliphatic carbocycles. The first-order chi connectivity index (χ1) is 9.97. The molecule has 1 amide bonds. The van der Waals surface area contributed by atoms with E-state index in [4.69, 9.17) is 21.1 Å². The van der Waals surface area contributed by atoms with Crippen LogP contribution in [0.3, 0.4) is 0 Å². The predicted molar refractivity (Wildman–Crippen MR) is 87.1 cm³/mol. The summed E-state index contributed by atoms with van der Waals surface area (Å²) >= 11 is 7.65. The van der Waals surface area contributed by atoms with E-state index in [0.29, 0.717) is 27.9 Å². The third-order valence-corrected chi connectivity index (χ3v) is 4.55. The van der Waals surface area contributed by atoms with E-state index in [1.165, 1.54) is 11.3 Å². The normalized spacial score (nSPS) is 10.5. The van der Waals surface area contributed by atoms with Crippen molar-refractivity contribution in [1.82, 2.24) is 5.32 Å². The van der Waals surface area contributed by atoms with Gasteiger partial charge in [-0.1, -0.05) is 23.8 Å². The number of benzene rings is 1. The number of methoxy groups -OCH3 is 2. The highest BCUT2D eigenvalue weighted by atomic mass is 35.5. The highest BCUT2D eigenvalue weighted by molar-refractivity contribution is 7.21. The fourth-order valence-corrected chi connectivity index (χ4v) is 3.29. The molecule has 0 saturated heterocycles. The van der Waals surface area contributed by atoms with Crippen molar-refractivity contribution < 1.29 is 14.3 Å². The smallest absolute Gasteiger partial charge is 0.263 e. The van der Waals surface area contributed by atoms with Gasteiger partial charge in [0.15, 0.2) is 11.5 Å². The molecule has 0 spiro atoms. The molecule has 2 aromatic rings. The quantitative estimate of drug-likeness (QED) is 0.849. The number of ether oxygens (including phenoxy) is 2. The van der Waals surface area contributed by atoms with Crippen LogP contribution in [0, 0.1) is 0 Å². The summed E-state index contributed by atoms with van der Waals surface area (Å²) in [4.78, 5) is 12.6. The number of carbonyl (C=O) groups excluding carboxylic acids is 1. The second-order valence-corrected chi connectivity index (χ2v) is 6.02. The molecule has 0 atom stereocenters. The van der Waals surface area contributed by atoms with Crippen LogP contribution in [0.25, 0.3) is 10.1 Å². The number of amides is 1. The van der Waals surface area contributed by atoms with Crippen molar-refractivity contribution in [3.8, 4) is 11.5 Å². The van der Waals surface area contributed by atoms with Crippen molar-refractivity contribution >= 4 is 38.9 Å². The van der Waals surface area contributed by atoms with Gasteiger partial charge in [0, 0.05) is 22.7 Å². The molecule has 0 bridgehead atoms. The van der Waals surface area contributed by atoms with E-state index in [1.807, 2.05) is 13.0 Å². The van der Waals surface area contributed by atoms with E-state index < -0.39 is 0 Å². The van der Waals surface area contributed by atoms with Gasteiger partial charge >= 0.3 is 0 Å². The standard InChI is InChI=1S/C15H16ClNO3S/c1-8(2)7-17-15(18)14-13(16)9-5-10(19-3)11(20-4)6-12(9)21-14/h5-6H,1,7H2,2-4H3,(H,17,18). The van der Waals surface area contributed by atoms with Gasteiger partial charge in [0.2, 0.25) is 0 Å². The molecule has 0 radical (unpaired) electrons. The summed E-state index contributed by atoms with van der Waals surface area (Å²) < 4.78 is 11.4. The van der Waals surface area contributed by atoms with Gasteiger partial charge in [-0.25, -0.2) is 0 Å². The molecule has 1 aromatic carbocycles. The largest absolute Gasteiger partial charge is 0.493 e. The lowest BCUT2D eigenvalue weighted by Crippen LogP contribution is -2.24. The molecule has 0 aliphatic heterocycles. The first kappa shape index (κ1) is 15.7. The van der Waals surface area contributed by atoms with Gasteiger partial charge in [-0.2, -0.15) is 0 Å². The van der Waals surface area contributed by atoms with E-state index >= 15 is 0 Å². The Hall–Kier alpha value is -1.72. The van der Waals surface area contributed by atoms with E-state index in [2.05, 4.69) is 11.9 Å². The summed E-state index contributed by atoms with van der Waals surface area (Å²) in [6.07, 6.45) is 0. The van der Waals surface area contributed by atoms with Gasteiger partial charge in [-0.15, -0.1) is 11.3 Å². The van der Waals surface area contributed by atoms with Crippen LogP contribution in [0.1, 0.15) is 16.6 Å². The van der Waals surface area contributed by atoms with Crippen molar-refractivity contribution in [3.05, 3.63) is 34.2 Å². The Labute approximate surface area is 132 Å². The maximum Gasteiger partial charge on any atom is 0.263 e. The Bertz CT molecular complexity index is 708. The maximum atomic E-state index is 12.2. The average Bonchev–Trinajstić information content (AvgIpc) is 2.79. The molecule has 1 N–H and O–H groups in total. The number of halogens is 1. The van der Waals surface area contributed by atoms with Crippen LogP contribution in [0.15, 0.2) is 24.3 Å². The lowest BCUT2D eigenvalue weighted by atomic mass is 10.2. The highest BCUT2D eigenvalue weighted by Gasteiger charge is 2.19. The van der Waals surface area contributed by atoms with Crippen LogP contribution in [0.4, 0.5) is 0 Å². The monoisotopic (exact) mass is 325 g/mol. The number of rotatable bonds is 5. The first-order valence-electron chi connectivity index (χ1n) is 6.24. The third kappa shape index (κ3) is 3.14. The molecule has 2 rings (SSSR count).